The number of rotatable bonds is 4. The van der Waals surface area contributed by atoms with Gasteiger partial charge in [-0.2, -0.15) is 0 Å². The summed E-state index contributed by atoms with van der Waals surface area (Å²) < 4.78 is 0. The number of nitrogens with zero attached hydrogens (tertiary/aromatic N) is 1. The van der Waals surface area contributed by atoms with Crippen LogP contribution in [0.4, 0.5) is 5.69 Å². The molecule has 0 bridgehead atoms. The maximum Gasteiger partial charge on any atom is 0.0363 e. The molecule has 2 N–H and O–H groups in total. The largest absolute Gasteiger partial charge is 0.398 e. The fourth-order valence-corrected chi connectivity index (χ4v) is 3.00. The number of hydrogen-bond acceptors (Lipinski definition) is 2. The smallest absolute Gasteiger partial charge is 0.0363 e. The van der Waals surface area contributed by atoms with E-state index >= 15 is 0 Å². The van der Waals surface area contributed by atoms with Gasteiger partial charge in [0, 0.05) is 18.8 Å². The van der Waals surface area contributed by atoms with Gasteiger partial charge in [-0.15, -0.1) is 0 Å². The van der Waals surface area contributed by atoms with E-state index in [-0.39, 0.29) is 0 Å². The Kier molecular flexibility index (Phi) is 3.75. The van der Waals surface area contributed by atoms with Gasteiger partial charge in [-0.25, -0.2) is 0 Å². The Balaban J connectivity index is 1.58. The fourth-order valence-electron chi connectivity index (χ4n) is 3.00. The van der Waals surface area contributed by atoms with E-state index in [2.05, 4.69) is 54.3 Å². The monoisotopic (exact) mass is 266 g/mol. The number of anilines is 1. The minimum atomic E-state index is 0.609. The lowest BCUT2D eigenvalue weighted by molar-refractivity contribution is 0.274. The van der Waals surface area contributed by atoms with Crippen LogP contribution < -0.4 is 5.73 Å². The van der Waals surface area contributed by atoms with Gasteiger partial charge in [0.2, 0.25) is 0 Å². The summed E-state index contributed by atoms with van der Waals surface area (Å²) in [6, 6.07) is 17.0. The maximum absolute atomic E-state index is 6.05. The van der Waals surface area contributed by atoms with Crippen molar-refractivity contribution < 1.29 is 0 Å². The zero-order chi connectivity index (χ0) is 13.9. The topological polar surface area (TPSA) is 29.3 Å². The normalized spacial score (nSPS) is 16.1. The first kappa shape index (κ1) is 13.2. The molecule has 0 aliphatic carbocycles. The molecule has 1 heterocycles. The molecule has 0 aromatic heterocycles. The second kappa shape index (κ2) is 5.68. The molecule has 2 aromatic carbocycles. The van der Waals surface area contributed by atoms with E-state index in [1.165, 1.54) is 23.1 Å². The van der Waals surface area contributed by atoms with Crippen LogP contribution in [0.5, 0.6) is 0 Å². The molecule has 1 aliphatic rings. The second-order valence-corrected chi connectivity index (χ2v) is 5.80. The Bertz CT molecular complexity index is 577. The third-order valence-corrected chi connectivity index (χ3v) is 4.33. The van der Waals surface area contributed by atoms with E-state index in [4.69, 9.17) is 5.73 Å². The summed E-state index contributed by atoms with van der Waals surface area (Å²) >= 11 is 0. The van der Waals surface area contributed by atoms with Gasteiger partial charge in [0.25, 0.3) is 0 Å². The van der Waals surface area contributed by atoms with Crippen LogP contribution in [0, 0.1) is 0 Å². The van der Waals surface area contributed by atoms with Gasteiger partial charge in [-0.05, 0) is 41.6 Å². The molecule has 2 heteroatoms. The Morgan fingerprint density at radius 3 is 2.60 bits per heavy atom. The summed E-state index contributed by atoms with van der Waals surface area (Å²) in [5, 5.41) is 0. The first-order chi connectivity index (χ1) is 9.74. The minimum absolute atomic E-state index is 0.609. The van der Waals surface area contributed by atoms with Crippen molar-refractivity contribution in [1.29, 1.82) is 0 Å². The molecule has 2 aromatic rings. The highest BCUT2D eigenvalue weighted by atomic mass is 15.1. The van der Waals surface area contributed by atoms with Crippen molar-refractivity contribution in [3.05, 3.63) is 65.2 Å². The summed E-state index contributed by atoms with van der Waals surface area (Å²) in [5.74, 6) is 0.609. The zero-order valence-corrected chi connectivity index (χ0v) is 12.0. The van der Waals surface area contributed by atoms with Gasteiger partial charge < -0.3 is 5.73 Å². The SMILES string of the molecule is CC(CCN1Cc2cccc(N)c2C1)c1ccccc1. The van der Waals surface area contributed by atoms with Crippen molar-refractivity contribution in [2.45, 2.75) is 32.4 Å². The van der Waals surface area contributed by atoms with E-state index < -0.39 is 0 Å². The van der Waals surface area contributed by atoms with E-state index in [1.807, 2.05) is 6.07 Å². The Hall–Kier alpha value is -1.80. The first-order valence-electron chi connectivity index (χ1n) is 7.37. The van der Waals surface area contributed by atoms with Crippen LogP contribution in [0.15, 0.2) is 48.5 Å². The lowest BCUT2D eigenvalue weighted by Crippen LogP contribution is -2.19. The highest BCUT2D eigenvalue weighted by Crippen LogP contribution is 2.28. The van der Waals surface area contributed by atoms with Gasteiger partial charge >= 0.3 is 0 Å². The Morgan fingerprint density at radius 1 is 1.05 bits per heavy atom. The predicted molar refractivity (Wildman–Crippen MR) is 84.4 cm³/mol. The molecular weight excluding hydrogens is 244 g/mol. The van der Waals surface area contributed by atoms with Gasteiger partial charge in [-0.1, -0.05) is 49.4 Å². The van der Waals surface area contributed by atoms with Gasteiger partial charge in [-0.3, -0.25) is 4.90 Å². The zero-order valence-electron chi connectivity index (χ0n) is 12.0. The van der Waals surface area contributed by atoms with E-state index in [1.54, 1.807) is 0 Å². The fraction of sp³-hybridized carbons (Fsp3) is 0.333. The van der Waals surface area contributed by atoms with Crippen LogP contribution >= 0.6 is 0 Å². The first-order valence-corrected chi connectivity index (χ1v) is 7.37. The summed E-state index contributed by atoms with van der Waals surface area (Å²) in [4.78, 5) is 2.50. The second-order valence-electron chi connectivity index (χ2n) is 5.80. The third kappa shape index (κ3) is 2.70. The van der Waals surface area contributed by atoms with Crippen LogP contribution in [0.2, 0.25) is 0 Å². The van der Waals surface area contributed by atoms with Crippen molar-refractivity contribution in [2.24, 2.45) is 0 Å². The highest BCUT2D eigenvalue weighted by Gasteiger charge is 2.20. The highest BCUT2D eigenvalue weighted by molar-refractivity contribution is 5.52. The number of nitrogens with two attached hydrogens (primary N) is 1. The van der Waals surface area contributed by atoms with Crippen LogP contribution in [0.1, 0.15) is 36.0 Å². The average Bonchev–Trinajstić information content (AvgIpc) is 2.90. The molecule has 1 atom stereocenters. The summed E-state index contributed by atoms with van der Waals surface area (Å²) in [5.41, 5.74) is 11.2. The standard InChI is InChI=1S/C18H22N2/c1-14(15-6-3-2-4-7-15)10-11-20-12-16-8-5-9-18(19)17(16)13-20/h2-9,14H,10-13,19H2,1H3. The number of hydrogen-bond donors (Lipinski definition) is 1. The molecule has 0 amide bonds. The lowest BCUT2D eigenvalue weighted by Gasteiger charge is -2.18. The molecule has 0 radical (unpaired) electrons. The van der Waals surface area contributed by atoms with Crippen LogP contribution in [-0.4, -0.2) is 11.4 Å². The minimum Gasteiger partial charge on any atom is -0.398 e. The van der Waals surface area contributed by atoms with E-state index in [9.17, 15) is 0 Å². The molecule has 0 saturated carbocycles. The van der Waals surface area contributed by atoms with Crippen molar-refractivity contribution in [3.8, 4) is 0 Å². The lowest BCUT2D eigenvalue weighted by atomic mass is 9.98. The van der Waals surface area contributed by atoms with Crippen molar-refractivity contribution in [1.82, 2.24) is 4.90 Å². The molecule has 0 spiro atoms. The molecule has 104 valence electrons. The van der Waals surface area contributed by atoms with Crippen LogP contribution in [0.3, 0.4) is 0 Å². The molecule has 3 rings (SSSR count). The third-order valence-electron chi connectivity index (χ3n) is 4.33. The quantitative estimate of drug-likeness (QED) is 0.853. The molecular formula is C18H22N2. The summed E-state index contributed by atoms with van der Waals surface area (Å²) in [6.07, 6.45) is 1.19. The van der Waals surface area contributed by atoms with Gasteiger partial charge in [0.15, 0.2) is 0 Å². The Labute approximate surface area is 121 Å². The molecule has 0 saturated heterocycles. The van der Waals surface area contributed by atoms with Gasteiger partial charge in [0.05, 0.1) is 0 Å². The van der Waals surface area contributed by atoms with E-state index in [0.717, 1.165) is 25.3 Å². The summed E-state index contributed by atoms with van der Waals surface area (Å²) in [6.45, 7) is 5.49. The Morgan fingerprint density at radius 2 is 1.85 bits per heavy atom. The van der Waals surface area contributed by atoms with Crippen LogP contribution in [-0.2, 0) is 13.1 Å². The van der Waals surface area contributed by atoms with Crippen molar-refractivity contribution in [3.63, 3.8) is 0 Å². The molecule has 1 unspecified atom stereocenters. The molecule has 1 aliphatic heterocycles. The van der Waals surface area contributed by atoms with Crippen molar-refractivity contribution in [2.75, 3.05) is 12.3 Å². The van der Waals surface area contributed by atoms with E-state index in [0.29, 0.717) is 5.92 Å². The van der Waals surface area contributed by atoms with Crippen LogP contribution in [0.25, 0.3) is 0 Å². The number of benzene rings is 2. The number of nitrogen functional groups attached to an aromatic ring is 1. The molecule has 2 nitrogen and oxygen atoms in total. The number of fused-ring (bicyclic) bond motifs is 1. The van der Waals surface area contributed by atoms with Crippen molar-refractivity contribution >= 4 is 5.69 Å². The average molecular weight is 266 g/mol. The molecule has 20 heavy (non-hydrogen) atoms. The van der Waals surface area contributed by atoms with Gasteiger partial charge in [0.1, 0.15) is 0 Å². The summed E-state index contributed by atoms with van der Waals surface area (Å²) in [7, 11) is 0. The molecule has 0 fully saturated rings. The predicted octanol–water partition coefficient (Wildman–Crippen LogP) is 3.78. The maximum atomic E-state index is 6.05.